The zero-order valence-corrected chi connectivity index (χ0v) is 74.1. The number of aromatic nitrogens is 8. The molecular formula is C80H104N8O4S12. The van der Waals surface area contributed by atoms with E-state index < -0.39 is 0 Å². The summed E-state index contributed by atoms with van der Waals surface area (Å²) in [5, 5.41) is 10.5. The molecule has 4 aromatic heterocycles. The predicted octanol–water partition coefficient (Wildman–Crippen LogP) is 24.7. The van der Waals surface area contributed by atoms with Crippen molar-refractivity contribution < 1.29 is 18.9 Å². The number of thioether (sulfide) groups is 12. The van der Waals surface area contributed by atoms with Crippen molar-refractivity contribution in [2.45, 2.75) is 265 Å². The van der Waals surface area contributed by atoms with Crippen LogP contribution >= 0.6 is 141 Å². The van der Waals surface area contributed by atoms with Crippen molar-refractivity contribution in [2.24, 2.45) is 0 Å². The third-order valence-electron chi connectivity index (χ3n) is 16.6. The summed E-state index contributed by atoms with van der Waals surface area (Å²) in [4.78, 5) is 41.7. The standard InChI is InChI=1S/C80H104N8O4S12/c1-21-25-93-73-81-61-37-62(82-73)98-42-50-30-58(78(8,9)10)32-52(70(50)90-18)44-100-64-39-66(86-75(84-64)95-27-23-3)102-46-54-34-60(80(14,15)16)36-56(72(54)92-20)48-104-68-40-67(87-76(88-68)96-28-24-4)103-47-55-35-59(79(11,12)13)33-53(71(55)91-19)45-101-65-38-63(83-74(85-65)94-26-22-2)99-43-51-31-57(77(5,6)7)29-49(41-97-61)69(51)89-17/h29-40H,21-28,41-48H2,1-20H3. The van der Waals surface area contributed by atoms with Gasteiger partial charge in [0.25, 0.3) is 0 Å². The van der Waals surface area contributed by atoms with E-state index in [4.69, 9.17) is 58.8 Å². The lowest BCUT2D eigenvalue weighted by Crippen LogP contribution is -2.13. The average Bonchev–Trinajstić information content (AvgIpc) is 0.812. The Balaban J connectivity index is 1.15. The van der Waals surface area contributed by atoms with Crippen molar-refractivity contribution in [2.75, 3.05) is 51.5 Å². The van der Waals surface area contributed by atoms with Gasteiger partial charge in [-0.2, -0.15) is 0 Å². The highest BCUT2D eigenvalue weighted by molar-refractivity contribution is 8.02. The normalized spacial score (nSPS) is 14.2. The summed E-state index contributed by atoms with van der Waals surface area (Å²) in [5.41, 5.74) is 13.5. The SMILES string of the molecule is CCCSc1nc2cc(n1)SCc1cc(C(C)(C)C)cc(c1OC)CSc1cc(nc(SCCC)n1)SCc1cc(C(C)(C)C)cc(c1OC)CSc1cc(nc(SCCC)n1)SCc1cc(C(C)(C)C)cc(c1OC)CSc1cc(nc(SCCC)n1)SCc1cc(C(C)(C)C)cc(c1OC)CS2. The van der Waals surface area contributed by atoms with Crippen LogP contribution in [0.15, 0.2) is 134 Å². The summed E-state index contributed by atoms with van der Waals surface area (Å²) in [7, 11) is 7.21. The van der Waals surface area contributed by atoms with Crippen molar-refractivity contribution in [3.05, 3.63) is 140 Å². The molecule has 0 saturated carbocycles. The molecule has 1 aliphatic rings. The summed E-state index contributed by atoms with van der Waals surface area (Å²) >= 11 is 20.7. The summed E-state index contributed by atoms with van der Waals surface area (Å²) in [6.07, 6.45) is 4.06. The second-order valence-corrected chi connectivity index (χ2v) is 41.5. The van der Waals surface area contributed by atoms with Crippen molar-refractivity contribution in [3.8, 4) is 23.0 Å². The molecule has 5 heterocycles. The van der Waals surface area contributed by atoms with E-state index in [0.29, 0.717) is 46.0 Å². The van der Waals surface area contributed by atoms with Gasteiger partial charge < -0.3 is 18.9 Å². The third-order valence-corrected chi connectivity index (χ3v) is 28.5. The molecule has 0 N–H and O–H groups in total. The largest absolute Gasteiger partial charge is 0.496 e. The fourth-order valence-corrected chi connectivity index (χ4v) is 21.5. The van der Waals surface area contributed by atoms with Crippen molar-refractivity contribution in [1.29, 1.82) is 0 Å². The van der Waals surface area contributed by atoms with Crippen molar-refractivity contribution in [3.63, 3.8) is 0 Å². The van der Waals surface area contributed by atoms with E-state index in [9.17, 15) is 0 Å². The van der Waals surface area contributed by atoms with Crippen LogP contribution in [-0.4, -0.2) is 91.3 Å². The van der Waals surface area contributed by atoms with Crippen molar-refractivity contribution in [1.82, 2.24) is 39.9 Å². The number of fused-ring (bicyclic) bond motifs is 16. The van der Waals surface area contributed by atoms with Crippen LogP contribution in [0.1, 0.15) is 203 Å². The molecule has 4 aromatic carbocycles. The number of methoxy groups -OCH3 is 4. The molecule has 0 fully saturated rings. The lowest BCUT2D eigenvalue weighted by atomic mass is 9.85. The van der Waals surface area contributed by atoms with Crippen LogP contribution in [0.5, 0.6) is 23.0 Å². The van der Waals surface area contributed by atoms with E-state index in [1.54, 1.807) is 170 Å². The highest BCUT2D eigenvalue weighted by Gasteiger charge is 2.27. The maximum Gasteiger partial charge on any atom is 0.189 e. The minimum Gasteiger partial charge on any atom is -0.496 e. The summed E-state index contributed by atoms with van der Waals surface area (Å²) < 4.78 is 25.8. The van der Waals surface area contributed by atoms with E-state index in [1.165, 1.54) is 22.3 Å². The molecule has 0 unspecified atom stereocenters. The van der Waals surface area contributed by atoms with Crippen LogP contribution in [0, 0.1) is 0 Å². The third kappa shape index (κ3) is 24.3. The van der Waals surface area contributed by atoms with Crippen LogP contribution in [-0.2, 0) is 67.7 Å². The average molecular weight is 1630 g/mol. The lowest BCUT2D eigenvalue weighted by molar-refractivity contribution is 0.407. The first-order valence-corrected chi connectivity index (χ1v) is 47.4. The van der Waals surface area contributed by atoms with E-state index in [-0.39, 0.29) is 21.7 Å². The number of hydrogen-bond acceptors (Lipinski definition) is 24. The smallest absolute Gasteiger partial charge is 0.189 e. The highest BCUT2D eigenvalue weighted by atomic mass is 32.2. The van der Waals surface area contributed by atoms with Crippen LogP contribution in [0.2, 0.25) is 0 Å². The molecule has 0 spiro atoms. The Morgan fingerprint density at radius 2 is 0.404 bits per heavy atom. The van der Waals surface area contributed by atoms with E-state index in [0.717, 1.165) is 177 Å². The Hall–Kier alpha value is -3.40. The van der Waals surface area contributed by atoms with Gasteiger partial charge in [-0.3, -0.25) is 0 Å². The van der Waals surface area contributed by atoms with Crippen LogP contribution in [0.3, 0.4) is 0 Å². The highest BCUT2D eigenvalue weighted by Crippen LogP contribution is 2.46. The molecule has 560 valence electrons. The van der Waals surface area contributed by atoms with Crippen LogP contribution in [0.4, 0.5) is 0 Å². The first kappa shape index (κ1) is 84.6. The topological polar surface area (TPSA) is 140 Å². The Bertz CT molecular complexity index is 3490. The van der Waals surface area contributed by atoms with Gasteiger partial charge in [0.15, 0.2) is 20.6 Å². The number of benzene rings is 4. The second kappa shape index (κ2) is 39.5. The Labute approximate surface area is 672 Å². The van der Waals surface area contributed by atoms with Gasteiger partial charge in [-0.1, -0.05) is 206 Å². The molecule has 9 rings (SSSR count). The minimum atomic E-state index is -0.124. The van der Waals surface area contributed by atoms with Gasteiger partial charge in [0.2, 0.25) is 0 Å². The van der Waals surface area contributed by atoms with Crippen LogP contribution in [0.25, 0.3) is 0 Å². The summed E-state index contributed by atoms with van der Waals surface area (Å²) in [6.45, 7) is 36.3. The zero-order valence-electron chi connectivity index (χ0n) is 64.4. The number of ether oxygens (including phenoxy) is 4. The monoisotopic (exact) mass is 1620 g/mol. The van der Waals surface area contributed by atoms with Gasteiger partial charge in [-0.05, 0) is 69.6 Å². The molecule has 0 atom stereocenters. The number of rotatable bonds is 16. The fraction of sp³-hybridized carbons (Fsp3) is 0.500. The van der Waals surface area contributed by atoms with E-state index in [2.05, 4.69) is 184 Å². The Morgan fingerprint density at radius 3 is 0.519 bits per heavy atom. The molecule has 104 heavy (non-hydrogen) atoms. The molecule has 12 nitrogen and oxygen atoms in total. The van der Waals surface area contributed by atoms with Gasteiger partial charge in [-0.25, -0.2) is 39.9 Å². The molecule has 0 aliphatic carbocycles. The Morgan fingerprint density at radius 1 is 0.260 bits per heavy atom. The first-order chi connectivity index (χ1) is 49.6. The van der Waals surface area contributed by atoms with Gasteiger partial charge in [0.1, 0.15) is 63.2 Å². The molecule has 8 aromatic rings. The molecule has 1 aliphatic heterocycles. The van der Waals surface area contributed by atoms with Gasteiger partial charge in [0, 0.05) is 138 Å². The van der Waals surface area contributed by atoms with Gasteiger partial charge in [-0.15, -0.1) is 94.1 Å². The predicted molar refractivity (Wildman–Crippen MR) is 455 cm³/mol. The first-order valence-electron chi connectivity index (χ1n) is 35.5. The van der Waals surface area contributed by atoms with Gasteiger partial charge in [0.05, 0.1) is 28.4 Å². The number of nitrogens with zero attached hydrogens (tertiary/aromatic N) is 8. The summed E-state index contributed by atoms with van der Waals surface area (Å²) in [5.74, 6) is 12.5. The number of hydrogen-bond donors (Lipinski definition) is 0. The molecule has 16 bridgehead atoms. The molecule has 0 saturated heterocycles. The maximum atomic E-state index is 6.46. The Kier molecular flexibility index (Phi) is 32.1. The van der Waals surface area contributed by atoms with E-state index in [1.807, 2.05) is 0 Å². The lowest BCUT2D eigenvalue weighted by Gasteiger charge is -2.24. The fourth-order valence-electron chi connectivity index (χ4n) is 11.0. The molecular weight excluding hydrogens is 1520 g/mol. The molecule has 0 radical (unpaired) electrons. The second-order valence-electron chi connectivity index (χ2n) is 29.3. The minimum absolute atomic E-state index is 0.124. The maximum absolute atomic E-state index is 6.46. The van der Waals surface area contributed by atoms with E-state index >= 15 is 0 Å². The quantitative estimate of drug-likeness (QED) is 0.0514. The summed E-state index contributed by atoms with van der Waals surface area (Å²) in [6, 6.07) is 27.3. The zero-order chi connectivity index (χ0) is 74.9. The van der Waals surface area contributed by atoms with Crippen LogP contribution < -0.4 is 18.9 Å². The van der Waals surface area contributed by atoms with Gasteiger partial charge >= 0.3 is 0 Å². The molecule has 24 heteroatoms. The van der Waals surface area contributed by atoms with Crippen molar-refractivity contribution >= 4 is 141 Å². The molecule has 0 amide bonds.